The fourth-order valence-corrected chi connectivity index (χ4v) is 2.80. The molecule has 0 saturated heterocycles. The normalized spacial score (nSPS) is 11.0. The van der Waals surface area contributed by atoms with E-state index in [1.54, 1.807) is 18.3 Å². The number of nitrogens with zero attached hydrogens (tertiary/aromatic N) is 2. The van der Waals surface area contributed by atoms with Crippen molar-refractivity contribution in [3.63, 3.8) is 0 Å². The SMILES string of the molecule is COC(=O)n1cc(/C=N\NC(=O)c2cccs2)c2ccccc21. The summed E-state index contributed by atoms with van der Waals surface area (Å²) in [5.74, 6) is -0.270. The number of hydrogen-bond donors (Lipinski definition) is 1. The summed E-state index contributed by atoms with van der Waals surface area (Å²) in [6.07, 6.45) is 2.65. The maximum atomic E-state index is 11.8. The predicted molar refractivity (Wildman–Crippen MR) is 89.1 cm³/mol. The van der Waals surface area contributed by atoms with Crippen LogP contribution in [0.2, 0.25) is 0 Å². The van der Waals surface area contributed by atoms with Crippen molar-refractivity contribution in [2.24, 2.45) is 5.10 Å². The van der Waals surface area contributed by atoms with Gasteiger partial charge in [-0.05, 0) is 17.5 Å². The Kier molecular flexibility index (Phi) is 4.20. The van der Waals surface area contributed by atoms with Crippen LogP contribution in [0.4, 0.5) is 4.79 Å². The van der Waals surface area contributed by atoms with Crippen molar-refractivity contribution in [1.82, 2.24) is 9.99 Å². The molecule has 2 aromatic heterocycles. The number of benzene rings is 1. The van der Waals surface area contributed by atoms with E-state index in [2.05, 4.69) is 10.5 Å². The van der Waals surface area contributed by atoms with E-state index in [4.69, 9.17) is 4.74 Å². The molecule has 0 radical (unpaired) electrons. The fraction of sp³-hybridized carbons (Fsp3) is 0.0625. The molecule has 1 amide bonds. The summed E-state index contributed by atoms with van der Waals surface area (Å²) in [6, 6.07) is 10.9. The van der Waals surface area contributed by atoms with E-state index in [-0.39, 0.29) is 5.91 Å². The third-order valence-electron chi connectivity index (χ3n) is 3.23. The highest BCUT2D eigenvalue weighted by Crippen LogP contribution is 2.20. The summed E-state index contributed by atoms with van der Waals surface area (Å²) < 4.78 is 6.16. The molecule has 0 unspecified atom stereocenters. The zero-order valence-corrected chi connectivity index (χ0v) is 13.0. The molecule has 1 N–H and O–H groups in total. The van der Waals surface area contributed by atoms with Gasteiger partial charge in [-0.3, -0.25) is 9.36 Å². The topological polar surface area (TPSA) is 72.7 Å². The third kappa shape index (κ3) is 3.00. The highest BCUT2D eigenvalue weighted by molar-refractivity contribution is 7.12. The lowest BCUT2D eigenvalue weighted by molar-refractivity contribution is 0.0959. The van der Waals surface area contributed by atoms with Gasteiger partial charge < -0.3 is 4.74 Å². The summed E-state index contributed by atoms with van der Waals surface area (Å²) in [5, 5.41) is 6.62. The Morgan fingerprint density at radius 1 is 1.26 bits per heavy atom. The number of carbonyl (C=O) groups is 2. The van der Waals surface area contributed by atoms with Crippen LogP contribution in [0.15, 0.2) is 53.1 Å². The van der Waals surface area contributed by atoms with Gasteiger partial charge in [0, 0.05) is 17.1 Å². The van der Waals surface area contributed by atoms with Gasteiger partial charge >= 0.3 is 6.09 Å². The fourth-order valence-electron chi connectivity index (χ4n) is 2.18. The number of hydrogen-bond acceptors (Lipinski definition) is 5. The molecule has 0 aliphatic carbocycles. The van der Waals surface area contributed by atoms with Crippen LogP contribution in [0.1, 0.15) is 15.2 Å². The van der Waals surface area contributed by atoms with E-state index in [1.807, 2.05) is 29.6 Å². The number of thiophene rings is 1. The molecule has 3 aromatic rings. The van der Waals surface area contributed by atoms with Crippen LogP contribution in [-0.2, 0) is 4.74 Å². The maximum Gasteiger partial charge on any atom is 0.418 e. The highest BCUT2D eigenvalue weighted by atomic mass is 32.1. The maximum absolute atomic E-state index is 11.8. The molecule has 3 rings (SSSR count). The molecule has 0 spiro atoms. The number of fused-ring (bicyclic) bond motifs is 1. The van der Waals surface area contributed by atoms with Crippen LogP contribution in [0.5, 0.6) is 0 Å². The first-order chi connectivity index (χ1) is 11.2. The molecule has 2 heterocycles. The van der Waals surface area contributed by atoms with Crippen LogP contribution >= 0.6 is 11.3 Å². The molecule has 7 heteroatoms. The quantitative estimate of drug-likeness (QED) is 0.593. The van der Waals surface area contributed by atoms with Crippen molar-refractivity contribution in [1.29, 1.82) is 0 Å². The first-order valence-electron chi connectivity index (χ1n) is 6.76. The number of para-hydroxylation sites is 1. The molecule has 116 valence electrons. The lowest BCUT2D eigenvalue weighted by atomic mass is 10.2. The van der Waals surface area contributed by atoms with Gasteiger partial charge in [-0.25, -0.2) is 10.2 Å². The molecule has 6 nitrogen and oxygen atoms in total. The molecule has 23 heavy (non-hydrogen) atoms. The minimum atomic E-state index is -0.483. The van der Waals surface area contributed by atoms with E-state index in [0.29, 0.717) is 16.0 Å². The molecule has 0 bridgehead atoms. The summed E-state index contributed by atoms with van der Waals surface area (Å²) in [6.45, 7) is 0. The van der Waals surface area contributed by atoms with Crippen LogP contribution in [0.3, 0.4) is 0 Å². The standard InChI is InChI=1S/C16H13N3O3S/c1-22-16(21)19-10-11(12-5-2-3-6-13(12)19)9-17-18-15(20)14-7-4-8-23-14/h2-10H,1H3,(H,18,20)/b17-9-. The number of nitrogens with one attached hydrogen (secondary N) is 1. The first kappa shape index (κ1) is 15.0. The number of methoxy groups -OCH3 is 1. The van der Waals surface area contributed by atoms with Gasteiger partial charge in [-0.1, -0.05) is 24.3 Å². The second-order valence-electron chi connectivity index (χ2n) is 4.62. The summed E-state index contributed by atoms with van der Waals surface area (Å²) in [7, 11) is 1.33. The molecule has 0 fully saturated rings. The van der Waals surface area contributed by atoms with Gasteiger partial charge in [0.15, 0.2) is 0 Å². The van der Waals surface area contributed by atoms with Crippen LogP contribution < -0.4 is 5.43 Å². The minimum Gasteiger partial charge on any atom is -0.452 e. The Balaban J connectivity index is 1.87. The average Bonchev–Trinajstić information content (AvgIpc) is 3.22. The summed E-state index contributed by atoms with van der Waals surface area (Å²) in [4.78, 5) is 24.2. The monoisotopic (exact) mass is 327 g/mol. The molecule has 0 aliphatic rings. The van der Waals surface area contributed by atoms with E-state index in [0.717, 1.165) is 5.39 Å². The van der Waals surface area contributed by atoms with Gasteiger partial charge in [0.2, 0.25) is 0 Å². The van der Waals surface area contributed by atoms with E-state index in [1.165, 1.54) is 29.2 Å². The van der Waals surface area contributed by atoms with Crippen molar-refractivity contribution in [2.75, 3.05) is 7.11 Å². The first-order valence-corrected chi connectivity index (χ1v) is 7.64. The Bertz CT molecular complexity index is 881. The smallest absolute Gasteiger partial charge is 0.418 e. The van der Waals surface area contributed by atoms with Crippen molar-refractivity contribution >= 4 is 40.5 Å². The Morgan fingerprint density at radius 3 is 2.83 bits per heavy atom. The van der Waals surface area contributed by atoms with E-state index in [9.17, 15) is 9.59 Å². The predicted octanol–water partition coefficient (Wildman–Crippen LogP) is 3.08. The third-order valence-corrected chi connectivity index (χ3v) is 4.10. The van der Waals surface area contributed by atoms with Crippen molar-refractivity contribution in [3.8, 4) is 0 Å². The summed E-state index contributed by atoms with van der Waals surface area (Å²) in [5.41, 5.74) is 3.89. The molecule has 1 aromatic carbocycles. The zero-order valence-electron chi connectivity index (χ0n) is 12.2. The molecule has 0 saturated carbocycles. The van der Waals surface area contributed by atoms with Crippen LogP contribution in [-0.4, -0.2) is 29.9 Å². The van der Waals surface area contributed by atoms with Crippen molar-refractivity contribution in [3.05, 3.63) is 58.4 Å². The van der Waals surface area contributed by atoms with Crippen LogP contribution in [0, 0.1) is 0 Å². The average molecular weight is 327 g/mol. The number of carbonyl (C=O) groups excluding carboxylic acids is 2. The number of aromatic nitrogens is 1. The minimum absolute atomic E-state index is 0.270. The Morgan fingerprint density at radius 2 is 2.09 bits per heavy atom. The largest absolute Gasteiger partial charge is 0.452 e. The van der Waals surface area contributed by atoms with Crippen LogP contribution in [0.25, 0.3) is 10.9 Å². The van der Waals surface area contributed by atoms with Crippen molar-refractivity contribution in [2.45, 2.75) is 0 Å². The van der Waals surface area contributed by atoms with Gasteiger partial charge in [0.1, 0.15) is 0 Å². The zero-order chi connectivity index (χ0) is 16.2. The summed E-state index contributed by atoms with van der Waals surface area (Å²) >= 11 is 1.34. The number of amides is 1. The Hall–Kier alpha value is -2.93. The number of hydrazone groups is 1. The molecule has 0 atom stereocenters. The molecular formula is C16H13N3O3S. The number of ether oxygens (including phenoxy) is 1. The van der Waals surface area contributed by atoms with E-state index >= 15 is 0 Å². The molecular weight excluding hydrogens is 314 g/mol. The second-order valence-corrected chi connectivity index (χ2v) is 5.57. The number of rotatable bonds is 3. The molecule has 0 aliphatic heterocycles. The second kappa shape index (κ2) is 6.45. The van der Waals surface area contributed by atoms with Crippen molar-refractivity contribution < 1.29 is 14.3 Å². The van der Waals surface area contributed by atoms with Gasteiger partial charge in [0.05, 0.1) is 23.7 Å². The lowest BCUT2D eigenvalue weighted by Crippen LogP contribution is -2.16. The van der Waals surface area contributed by atoms with Gasteiger partial charge in [-0.15, -0.1) is 11.3 Å². The Labute approximate surface area is 136 Å². The van der Waals surface area contributed by atoms with E-state index < -0.39 is 6.09 Å². The lowest BCUT2D eigenvalue weighted by Gasteiger charge is -2.00. The van der Waals surface area contributed by atoms with Gasteiger partial charge in [-0.2, -0.15) is 5.10 Å². The van der Waals surface area contributed by atoms with Gasteiger partial charge in [0.25, 0.3) is 5.91 Å². The highest BCUT2D eigenvalue weighted by Gasteiger charge is 2.12.